The van der Waals surface area contributed by atoms with E-state index in [2.05, 4.69) is 346 Å². The predicted molar refractivity (Wildman–Crippen MR) is 650 cm³/mol. The summed E-state index contributed by atoms with van der Waals surface area (Å²) in [6.45, 7) is 38.3. The van der Waals surface area contributed by atoms with Crippen molar-refractivity contribution in [3.05, 3.63) is 293 Å². The number of carboxylic acids is 2. The van der Waals surface area contributed by atoms with Gasteiger partial charge in [0.25, 0.3) is 0 Å². The van der Waals surface area contributed by atoms with Crippen molar-refractivity contribution in [3.8, 4) is 10.6 Å². The summed E-state index contributed by atoms with van der Waals surface area (Å²) >= 11 is 1.91. The van der Waals surface area contributed by atoms with Crippen LogP contribution >= 0.6 is 21.8 Å². The number of aromatic nitrogens is 1. The summed E-state index contributed by atoms with van der Waals surface area (Å²) < 4.78 is 35.5. The minimum atomic E-state index is -3.18. The van der Waals surface area contributed by atoms with Gasteiger partial charge in [-0.1, -0.05) is 214 Å². The molecule has 2 N–H and O–H groups in total. The first-order valence-corrected chi connectivity index (χ1v) is 66.3. The molecule has 8 aliphatic rings. The highest BCUT2D eigenvalue weighted by Gasteiger charge is 2.33. The Balaban J connectivity index is 0.000000160. The highest BCUT2D eigenvalue weighted by Crippen LogP contribution is 2.41. The smallest absolute Gasteiger partial charge is 0.337 e. The Labute approximate surface area is 921 Å². The monoisotopic (exact) mass is 2170 g/mol. The number of para-hydroxylation sites is 1. The number of aromatic carboxylic acids is 1. The van der Waals surface area contributed by atoms with E-state index in [-0.39, 0.29) is 44.0 Å². The summed E-state index contributed by atoms with van der Waals surface area (Å²) in [7, 11) is 1.00. The Kier molecular flexibility index (Phi) is 56.7. The number of carbonyl (C=O) groups is 2. The number of nitrogens with one attached hydrogen (secondary N) is 1. The fourth-order valence-electron chi connectivity index (χ4n) is 19.7. The number of piperazine rings is 2. The van der Waals surface area contributed by atoms with Crippen LogP contribution in [-0.4, -0.2) is 252 Å². The fourth-order valence-corrected chi connectivity index (χ4v) is 32.8. The van der Waals surface area contributed by atoms with E-state index in [0.29, 0.717) is 45.7 Å². The SMILES string of the molecule is CC(C)(C)c1ccc([S+]2CCCC2)cc1.CCCCCN1CCN(C)CC1.CCCCOc1ccc([S+]2CCCC2)c2ccccc12.CC[N-]CCCCCN1CCC(N2CCCCC2)CC1.CC[N-]S(=O)(=O)CCCCN1CCN(c2ccccc2)CC1.C[S+](c1ccccc1)c1ccccc1.O=C(O)c1cccnc1.O=C([O-])C1CCNCC1.c1ccc(-[s+]2ccc3ccccc32)cc1.c1ccc2c([S+]3CCCC3)csc2c1. The molecule has 8 aliphatic heterocycles. The van der Waals surface area contributed by atoms with Gasteiger partial charge in [-0.15, -0.1) is 24.4 Å². The molecular weight excluding hydrogens is 1990 g/mol. The van der Waals surface area contributed by atoms with Gasteiger partial charge in [-0.25, -0.2) is 13.2 Å². The molecule has 814 valence electrons. The largest absolute Gasteiger partial charge is 0.662 e. The minimum Gasteiger partial charge on any atom is -0.662 e. The second-order valence-corrected chi connectivity index (χ2v) is 54.3. The molecule has 150 heavy (non-hydrogen) atoms. The number of ether oxygens (including phenoxy) is 1. The van der Waals surface area contributed by atoms with Crippen molar-refractivity contribution in [3.63, 3.8) is 0 Å². The lowest BCUT2D eigenvalue weighted by atomic mass is 9.87. The summed E-state index contributed by atoms with van der Waals surface area (Å²) in [4.78, 5) is 48.3. The molecule has 1 atom stereocenters. The number of carbonyl (C=O) groups excluding carboxylic acids is 1. The number of hydrogen-bond acceptors (Lipinski definition) is 15. The van der Waals surface area contributed by atoms with E-state index in [1.54, 1.807) is 27.7 Å². The van der Waals surface area contributed by atoms with E-state index in [1.807, 2.05) is 17.4 Å². The van der Waals surface area contributed by atoms with Gasteiger partial charge in [-0.05, 0) is 301 Å². The number of hydrogen-bond donors (Lipinski definition) is 2. The number of piperidine rings is 3. The van der Waals surface area contributed by atoms with Gasteiger partial charge in [-0.3, -0.25) is 9.88 Å². The number of rotatable bonds is 32. The van der Waals surface area contributed by atoms with Gasteiger partial charge in [0.2, 0.25) is 0 Å². The third-order valence-electron chi connectivity index (χ3n) is 28.7. The maximum atomic E-state index is 11.5. The van der Waals surface area contributed by atoms with E-state index in [0.717, 1.165) is 103 Å². The molecule has 9 aromatic carbocycles. The molecule has 0 spiro atoms. The number of unbranched alkanes of at least 4 members (excludes halogenated alkanes) is 6. The van der Waals surface area contributed by atoms with Crippen LogP contribution in [0.5, 0.6) is 5.75 Å². The van der Waals surface area contributed by atoms with Gasteiger partial charge in [0.05, 0.1) is 33.1 Å². The summed E-state index contributed by atoms with van der Waals surface area (Å²) in [5.74, 6) is 7.67. The molecule has 0 aliphatic carbocycles. The van der Waals surface area contributed by atoms with E-state index in [9.17, 15) is 23.1 Å². The number of anilines is 1. The van der Waals surface area contributed by atoms with Gasteiger partial charge in [-0.2, -0.15) is 6.54 Å². The molecule has 0 radical (unpaired) electrons. The van der Waals surface area contributed by atoms with Crippen molar-refractivity contribution >= 4 is 124 Å². The van der Waals surface area contributed by atoms with Gasteiger partial charge in [0.15, 0.2) is 34.1 Å². The molecular formula is C126H178N10O7S7+2. The summed E-state index contributed by atoms with van der Waals surface area (Å²) in [5.41, 5.74) is 3.25. The molecule has 20 rings (SSSR count). The zero-order valence-electron chi connectivity index (χ0n) is 92.0. The maximum absolute atomic E-state index is 11.5. The number of likely N-dealkylation sites (tertiary alicyclic amines) is 2. The number of benzene rings is 9. The standard InChI is InChI=1S/C18H23OS.C17H34N3.C16H26N3O2S.C14H11S.C14H21S.C13H13S.C12H13S2.C10H22N2.C6H11NO2.C6H5NO2/c1-2-3-12-19-17-10-11-18(20-13-6-7-14-20)16-9-5-4-8-15(16)17;1-2-18-11-5-3-6-12-19-15-9-17(10-16-19)20-13-7-4-8-14-20;1-2-17-22(20,21)15-7-6-10-18-11-13-19(14-12-18)16-8-4-3-5-9-16;1-2-7-13(8-3-1)15-11-10-12-6-4-5-9-14(12)15;1-14(2,3)12-6-8-13(9-7-12)15-10-4-5-11-15;1-14(12-8-4-2-5-9-12)13-10-6-3-7-11-13;1-2-6-11-10(5-1)12(9-13-11)14-7-3-4-8-14;1-3-4-5-6-12-9-7-11(2)8-10-12;8-6(9)5-1-3-7-4-2-5;8-6(9)5-2-1-3-7-4-5/h4-5,8-11H,2-3,6-7,12-14H2,1H3;17H,2-16H2,1H3;3-5,8-9H,2,6-7,10-15H2,1H3;1-11H;6-9H,4-5,10-11H2,1-3H3;2-11H,1H3;1-2,5-6,9H,3-4,7-8H2;3-10H2,1-2H3;5,7H,1-4H2,(H,8,9);1-4H,(H,8,9)/q+1;2*-1;4*+1;;;/p-1. The van der Waals surface area contributed by atoms with Crippen molar-refractivity contribution in [2.24, 2.45) is 5.92 Å². The highest BCUT2D eigenvalue weighted by molar-refractivity contribution is 7.98. The molecule has 0 bridgehead atoms. The zero-order valence-corrected chi connectivity index (χ0v) is 97.7. The van der Waals surface area contributed by atoms with Gasteiger partial charge < -0.3 is 59.6 Å². The van der Waals surface area contributed by atoms with Crippen LogP contribution in [0.1, 0.15) is 212 Å². The second-order valence-electron chi connectivity index (χ2n) is 41.0. The number of thiophene rings is 2. The summed E-state index contributed by atoms with van der Waals surface area (Å²) in [6, 6.07) is 88.7. The number of pyridine rings is 1. The molecule has 24 heteroatoms. The number of aliphatic carboxylic acids is 1. The van der Waals surface area contributed by atoms with Crippen LogP contribution in [0.4, 0.5) is 5.69 Å². The van der Waals surface area contributed by atoms with Crippen LogP contribution in [0.3, 0.4) is 0 Å². The van der Waals surface area contributed by atoms with E-state index in [1.165, 1.54) is 291 Å². The van der Waals surface area contributed by atoms with Crippen molar-refractivity contribution in [2.45, 2.75) is 232 Å². The summed E-state index contributed by atoms with van der Waals surface area (Å²) in [6.07, 6.45) is 34.3. The second kappa shape index (κ2) is 69.7. The van der Waals surface area contributed by atoms with Gasteiger partial charge in [0.1, 0.15) is 51.9 Å². The molecule has 3 aromatic heterocycles. The van der Waals surface area contributed by atoms with Crippen LogP contribution < -0.4 is 20.1 Å². The number of nitrogens with zero attached hydrogens (tertiary/aromatic N) is 9. The molecule has 11 heterocycles. The van der Waals surface area contributed by atoms with Gasteiger partial charge >= 0.3 is 5.97 Å². The van der Waals surface area contributed by atoms with Crippen LogP contribution in [0.2, 0.25) is 0 Å². The maximum Gasteiger partial charge on any atom is 0.337 e. The normalized spacial score (nSPS) is 16.9. The Morgan fingerprint density at radius 2 is 1.04 bits per heavy atom. The Bertz CT molecular complexity index is 5700. The zero-order chi connectivity index (χ0) is 106. The third-order valence-corrected chi connectivity index (χ3v) is 42.9. The quantitative estimate of drug-likeness (QED) is 0.0298. The molecule has 8 saturated heterocycles. The van der Waals surface area contributed by atoms with Crippen LogP contribution in [-0.2, 0) is 63.8 Å². The van der Waals surface area contributed by atoms with Crippen molar-refractivity contribution in [1.29, 1.82) is 0 Å². The lowest BCUT2D eigenvalue weighted by Gasteiger charge is -2.40. The first-order valence-electron chi connectivity index (χ1n) is 56.2. The summed E-state index contributed by atoms with van der Waals surface area (Å²) in [5, 5.41) is 36.3. The Morgan fingerprint density at radius 3 is 1.60 bits per heavy atom. The van der Waals surface area contributed by atoms with E-state index < -0.39 is 22.0 Å². The number of likely N-dealkylation sites (N-methyl/N-ethyl adjacent to an activating group) is 1. The number of carboxylic acid groups (broad SMARTS) is 2. The van der Waals surface area contributed by atoms with Crippen molar-refractivity contribution < 1.29 is 33.0 Å². The molecule has 1 unspecified atom stereocenters. The van der Waals surface area contributed by atoms with Crippen LogP contribution in [0, 0.1) is 5.92 Å². The molecule has 0 amide bonds. The number of sulfonamides is 1. The van der Waals surface area contributed by atoms with Crippen molar-refractivity contribution in [2.75, 3.05) is 196 Å². The van der Waals surface area contributed by atoms with E-state index in [4.69, 9.17) is 9.84 Å². The molecule has 8 fully saturated rings. The first kappa shape index (κ1) is 122. The molecule has 12 aromatic rings. The lowest BCUT2D eigenvalue weighted by molar-refractivity contribution is -0.312. The highest BCUT2D eigenvalue weighted by atomic mass is 32.2. The Hall–Kier alpha value is -8.12. The first-order chi connectivity index (χ1) is 73.2. The molecule has 17 nitrogen and oxygen atoms in total. The Morgan fingerprint density at radius 1 is 0.507 bits per heavy atom. The third kappa shape index (κ3) is 43.6. The van der Waals surface area contributed by atoms with Crippen LogP contribution in [0.15, 0.2) is 296 Å². The lowest BCUT2D eigenvalue weighted by Crippen LogP contribution is -2.46. The molecule has 0 saturated carbocycles. The average Bonchev–Trinajstić information content (AvgIpc) is 1.27. The van der Waals surface area contributed by atoms with Crippen LogP contribution in [0.25, 0.3) is 45.9 Å². The number of fused-ring (bicyclic) bond motifs is 3. The minimum absolute atomic E-state index is 0.154. The van der Waals surface area contributed by atoms with Crippen molar-refractivity contribution in [1.82, 2.24) is 34.8 Å². The van der Waals surface area contributed by atoms with E-state index >= 15 is 0 Å². The topological polar surface area (TPSA) is 193 Å². The van der Waals surface area contributed by atoms with Gasteiger partial charge in [0, 0.05) is 175 Å². The fraction of sp³-hybridized carbons (Fsp3) is 0.500. The average molecular weight is 2170 g/mol. The predicted octanol–water partition coefficient (Wildman–Crippen LogP) is 26.9.